The van der Waals surface area contributed by atoms with Crippen LogP contribution in [0.2, 0.25) is 0 Å². The lowest BCUT2D eigenvalue weighted by Gasteiger charge is -2.24. The first kappa shape index (κ1) is 14.9. The van der Waals surface area contributed by atoms with Crippen molar-refractivity contribution in [2.24, 2.45) is 0 Å². The zero-order valence-electron chi connectivity index (χ0n) is 12.7. The van der Waals surface area contributed by atoms with Crippen LogP contribution >= 0.6 is 0 Å². The minimum Gasteiger partial charge on any atom is -0.490 e. The molecule has 1 aliphatic heterocycles. The molecule has 0 saturated carbocycles. The molecule has 2 heterocycles. The van der Waals surface area contributed by atoms with Gasteiger partial charge in [-0.2, -0.15) is 10.1 Å². The summed E-state index contributed by atoms with van der Waals surface area (Å²) < 4.78 is 12.8. The Labute approximate surface area is 133 Å². The van der Waals surface area contributed by atoms with Gasteiger partial charge in [-0.05, 0) is 24.6 Å². The number of nitrogens with one attached hydrogen (secondary N) is 1. The lowest BCUT2D eigenvalue weighted by atomic mass is 10.0. The number of hydrogen-bond acceptors (Lipinski definition) is 5. The number of benzene rings is 1. The quantitative estimate of drug-likeness (QED) is 0.849. The summed E-state index contributed by atoms with van der Waals surface area (Å²) >= 11 is 0. The largest absolute Gasteiger partial charge is 0.490 e. The van der Waals surface area contributed by atoms with E-state index < -0.39 is 0 Å². The molecule has 2 aromatic rings. The Kier molecular flexibility index (Phi) is 4.15. The molecule has 0 fully saturated rings. The first-order valence-corrected chi connectivity index (χ1v) is 7.25. The topological polar surface area (TPSA) is 78.3 Å². The highest BCUT2D eigenvalue weighted by molar-refractivity contribution is 5.91. The second-order valence-electron chi connectivity index (χ2n) is 4.93. The Bertz CT molecular complexity index is 763. The number of anilines is 1. The summed E-state index contributed by atoms with van der Waals surface area (Å²) in [6, 6.07) is 5.29. The van der Waals surface area contributed by atoms with E-state index in [0.717, 1.165) is 5.56 Å². The second-order valence-corrected chi connectivity index (χ2v) is 4.93. The van der Waals surface area contributed by atoms with Crippen LogP contribution in [-0.4, -0.2) is 33.9 Å². The standard InChI is InChI=1S/C16H16N4O3/c1-3-7-23-13-6-5-11(8-14(13)22-4-2)12-9-15(21)19-16-17-10-18-20(12)16/h1,5-6,8,10,12H,4,7,9H2,2H3,(H,17,18,19,21). The maximum absolute atomic E-state index is 11.9. The Morgan fingerprint density at radius 1 is 1.43 bits per heavy atom. The van der Waals surface area contributed by atoms with Crippen LogP contribution in [0.4, 0.5) is 5.95 Å². The lowest BCUT2D eigenvalue weighted by Crippen LogP contribution is -2.29. The fourth-order valence-corrected chi connectivity index (χ4v) is 2.50. The van der Waals surface area contributed by atoms with Gasteiger partial charge in [-0.15, -0.1) is 6.42 Å². The average molecular weight is 312 g/mol. The number of hydrogen-bond donors (Lipinski definition) is 1. The van der Waals surface area contributed by atoms with Crippen LogP contribution in [-0.2, 0) is 4.79 Å². The van der Waals surface area contributed by atoms with Gasteiger partial charge in [-0.3, -0.25) is 10.1 Å². The zero-order valence-corrected chi connectivity index (χ0v) is 12.7. The Morgan fingerprint density at radius 3 is 3.09 bits per heavy atom. The predicted octanol–water partition coefficient (Wildman–Crippen LogP) is 1.62. The van der Waals surface area contributed by atoms with Crippen molar-refractivity contribution in [3.8, 4) is 23.8 Å². The van der Waals surface area contributed by atoms with Crippen molar-refractivity contribution < 1.29 is 14.3 Å². The van der Waals surface area contributed by atoms with Gasteiger partial charge in [-0.1, -0.05) is 12.0 Å². The number of nitrogens with zero attached hydrogens (tertiary/aromatic N) is 3. The van der Waals surface area contributed by atoms with Crippen LogP contribution in [0.3, 0.4) is 0 Å². The smallest absolute Gasteiger partial charge is 0.229 e. The lowest BCUT2D eigenvalue weighted by molar-refractivity contribution is -0.117. The molecular formula is C16H16N4O3. The monoisotopic (exact) mass is 312 g/mol. The van der Waals surface area contributed by atoms with E-state index in [4.69, 9.17) is 15.9 Å². The summed E-state index contributed by atoms with van der Waals surface area (Å²) in [6.45, 7) is 2.55. The second kappa shape index (κ2) is 6.40. The minimum absolute atomic E-state index is 0.0962. The van der Waals surface area contributed by atoms with E-state index in [0.29, 0.717) is 24.1 Å². The number of rotatable bonds is 5. The zero-order chi connectivity index (χ0) is 16.2. The third-order valence-corrected chi connectivity index (χ3v) is 3.46. The molecule has 0 saturated heterocycles. The van der Waals surface area contributed by atoms with Gasteiger partial charge in [0, 0.05) is 0 Å². The molecule has 23 heavy (non-hydrogen) atoms. The van der Waals surface area contributed by atoms with E-state index in [-0.39, 0.29) is 25.0 Å². The van der Waals surface area contributed by atoms with Gasteiger partial charge >= 0.3 is 0 Å². The van der Waals surface area contributed by atoms with E-state index in [1.807, 2.05) is 19.1 Å². The van der Waals surface area contributed by atoms with E-state index >= 15 is 0 Å². The average Bonchev–Trinajstić information content (AvgIpc) is 3.01. The highest BCUT2D eigenvalue weighted by Crippen LogP contribution is 2.35. The molecule has 1 amide bonds. The maximum atomic E-state index is 11.9. The maximum Gasteiger partial charge on any atom is 0.229 e. The molecular weight excluding hydrogens is 296 g/mol. The summed E-state index contributed by atoms with van der Waals surface area (Å²) in [6.07, 6.45) is 6.93. The van der Waals surface area contributed by atoms with Gasteiger partial charge in [0.15, 0.2) is 11.5 Å². The normalized spacial score (nSPS) is 16.2. The Hall–Kier alpha value is -3.01. The summed E-state index contributed by atoms with van der Waals surface area (Å²) in [4.78, 5) is 15.9. The van der Waals surface area contributed by atoms with Crippen LogP contribution in [0.25, 0.3) is 0 Å². The van der Waals surface area contributed by atoms with Crippen molar-refractivity contribution in [3.63, 3.8) is 0 Å². The van der Waals surface area contributed by atoms with E-state index in [2.05, 4.69) is 21.3 Å². The molecule has 118 valence electrons. The Morgan fingerprint density at radius 2 is 2.30 bits per heavy atom. The first-order valence-electron chi connectivity index (χ1n) is 7.25. The molecule has 7 nitrogen and oxygen atoms in total. The molecule has 0 spiro atoms. The summed E-state index contributed by atoms with van der Waals surface area (Å²) in [5.41, 5.74) is 0.892. The molecule has 1 aromatic carbocycles. The van der Waals surface area contributed by atoms with Crippen LogP contribution in [0.1, 0.15) is 24.9 Å². The van der Waals surface area contributed by atoms with Gasteiger partial charge in [0.05, 0.1) is 19.1 Å². The van der Waals surface area contributed by atoms with Gasteiger partial charge in [0.25, 0.3) is 0 Å². The molecule has 1 N–H and O–H groups in total. The Balaban J connectivity index is 1.96. The minimum atomic E-state index is -0.234. The van der Waals surface area contributed by atoms with Gasteiger partial charge in [0.1, 0.15) is 12.9 Å². The number of ether oxygens (including phenoxy) is 2. The van der Waals surface area contributed by atoms with Gasteiger partial charge < -0.3 is 9.47 Å². The third kappa shape index (κ3) is 2.97. The molecule has 1 atom stereocenters. The molecule has 3 rings (SSSR count). The number of amides is 1. The van der Waals surface area contributed by atoms with Crippen molar-refractivity contribution in [2.45, 2.75) is 19.4 Å². The fourth-order valence-electron chi connectivity index (χ4n) is 2.50. The van der Waals surface area contributed by atoms with Crippen LogP contribution in [0, 0.1) is 12.3 Å². The van der Waals surface area contributed by atoms with E-state index in [9.17, 15) is 4.79 Å². The molecule has 0 radical (unpaired) electrons. The number of carbonyl (C=O) groups excluding carboxylic acids is 1. The molecule has 1 aromatic heterocycles. The van der Waals surface area contributed by atoms with Crippen molar-refractivity contribution in [2.75, 3.05) is 18.5 Å². The van der Waals surface area contributed by atoms with Crippen LogP contribution in [0.5, 0.6) is 11.5 Å². The molecule has 0 aliphatic carbocycles. The molecule has 1 aliphatic rings. The summed E-state index contributed by atoms with van der Waals surface area (Å²) in [7, 11) is 0. The SMILES string of the molecule is C#CCOc1ccc(C2CC(=O)Nc3ncnn32)cc1OCC. The van der Waals surface area contributed by atoms with Crippen molar-refractivity contribution in [1.29, 1.82) is 0 Å². The van der Waals surface area contributed by atoms with E-state index in [1.54, 1.807) is 10.7 Å². The number of terminal acetylenes is 1. The molecule has 1 unspecified atom stereocenters. The molecule has 0 bridgehead atoms. The van der Waals surface area contributed by atoms with Crippen LogP contribution < -0.4 is 14.8 Å². The fraction of sp³-hybridized carbons (Fsp3) is 0.312. The summed E-state index contributed by atoms with van der Waals surface area (Å²) in [5, 5.41) is 6.88. The highest BCUT2D eigenvalue weighted by atomic mass is 16.5. The van der Waals surface area contributed by atoms with E-state index in [1.165, 1.54) is 6.33 Å². The van der Waals surface area contributed by atoms with Crippen LogP contribution in [0.15, 0.2) is 24.5 Å². The van der Waals surface area contributed by atoms with Gasteiger partial charge in [-0.25, -0.2) is 4.68 Å². The van der Waals surface area contributed by atoms with Crippen molar-refractivity contribution >= 4 is 11.9 Å². The first-order chi connectivity index (χ1) is 11.2. The number of carbonyl (C=O) groups is 1. The molecule has 7 heteroatoms. The number of fused-ring (bicyclic) bond motifs is 1. The van der Waals surface area contributed by atoms with Gasteiger partial charge in [0.2, 0.25) is 11.9 Å². The summed E-state index contributed by atoms with van der Waals surface area (Å²) in [5.74, 6) is 3.94. The predicted molar refractivity (Wildman–Crippen MR) is 83.3 cm³/mol. The van der Waals surface area contributed by atoms with Crippen molar-refractivity contribution in [3.05, 3.63) is 30.1 Å². The highest BCUT2D eigenvalue weighted by Gasteiger charge is 2.28. The number of aromatic nitrogens is 3. The third-order valence-electron chi connectivity index (χ3n) is 3.46. The van der Waals surface area contributed by atoms with Crippen molar-refractivity contribution in [1.82, 2.24) is 14.8 Å².